The average molecular weight is 166 g/mol. The van der Waals surface area contributed by atoms with Crippen LogP contribution in [0.4, 0.5) is 0 Å². The van der Waals surface area contributed by atoms with Gasteiger partial charge in [-0.25, -0.2) is 5.43 Å². The fraction of sp³-hybridized carbons (Fsp3) is 0.600. The third kappa shape index (κ3) is 3.09. The second-order valence-corrected chi connectivity index (χ2v) is 3.20. The molecular formula is C10H18N2. The lowest BCUT2D eigenvalue weighted by molar-refractivity contribution is 0.362. The summed E-state index contributed by atoms with van der Waals surface area (Å²) in [6, 6.07) is 0. The molecule has 1 unspecified atom stereocenters. The van der Waals surface area contributed by atoms with Crippen LogP contribution in [-0.2, 0) is 0 Å². The molecule has 0 bridgehead atoms. The average Bonchev–Trinajstić information content (AvgIpc) is 2.16. The molecule has 0 amide bonds. The van der Waals surface area contributed by atoms with Crippen LogP contribution in [0.15, 0.2) is 24.4 Å². The van der Waals surface area contributed by atoms with E-state index >= 15 is 0 Å². The number of hydrogen-bond acceptors (Lipinski definition) is 2. The first-order valence-electron chi connectivity index (χ1n) is 4.58. The summed E-state index contributed by atoms with van der Waals surface area (Å²) in [5.74, 6) is 0.648. The summed E-state index contributed by atoms with van der Waals surface area (Å²) in [7, 11) is 3.92. The van der Waals surface area contributed by atoms with Gasteiger partial charge in [0.15, 0.2) is 0 Å². The Morgan fingerprint density at radius 1 is 1.58 bits per heavy atom. The summed E-state index contributed by atoms with van der Waals surface area (Å²) < 4.78 is 0. The highest BCUT2D eigenvalue weighted by molar-refractivity contribution is 5.02. The first-order valence-corrected chi connectivity index (χ1v) is 4.58. The van der Waals surface area contributed by atoms with Gasteiger partial charge in [0.25, 0.3) is 0 Å². The van der Waals surface area contributed by atoms with Crippen molar-refractivity contribution in [3.63, 3.8) is 0 Å². The number of rotatable bonds is 3. The monoisotopic (exact) mass is 166 g/mol. The van der Waals surface area contributed by atoms with Crippen LogP contribution in [0.3, 0.4) is 0 Å². The van der Waals surface area contributed by atoms with Crippen molar-refractivity contribution in [2.24, 2.45) is 5.92 Å². The van der Waals surface area contributed by atoms with Gasteiger partial charge in [-0.1, -0.05) is 18.2 Å². The van der Waals surface area contributed by atoms with Crippen LogP contribution in [0, 0.1) is 5.92 Å². The van der Waals surface area contributed by atoms with Crippen molar-refractivity contribution in [1.29, 1.82) is 0 Å². The van der Waals surface area contributed by atoms with Crippen molar-refractivity contribution in [1.82, 2.24) is 10.4 Å². The quantitative estimate of drug-likeness (QED) is 0.509. The Hall–Kier alpha value is -0.760. The number of nitrogens with one attached hydrogen (secondary N) is 1. The SMILES string of the molecule is CNN(C)C=CC1C=CCCC1. The van der Waals surface area contributed by atoms with Gasteiger partial charge in [0.05, 0.1) is 0 Å². The minimum atomic E-state index is 0.648. The van der Waals surface area contributed by atoms with Crippen molar-refractivity contribution >= 4 is 0 Å². The molecule has 0 heterocycles. The van der Waals surface area contributed by atoms with Crippen molar-refractivity contribution in [2.45, 2.75) is 19.3 Å². The predicted octanol–water partition coefficient (Wildman–Crippen LogP) is 1.92. The van der Waals surface area contributed by atoms with Crippen LogP contribution in [-0.4, -0.2) is 19.1 Å². The highest BCUT2D eigenvalue weighted by atomic mass is 15.5. The predicted molar refractivity (Wildman–Crippen MR) is 52.4 cm³/mol. The molecule has 0 radical (unpaired) electrons. The summed E-state index contributed by atoms with van der Waals surface area (Å²) in [6.45, 7) is 0. The van der Waals surface area contributed by atoms with Gasteiger partial charge in [-0.15, -0.1) is 0 Å². The lowest BCUT2D eigenvalue weighted by atomic mass is 9.96. The third-order valence-corrected chi connectivity index (χ3v) is 2.20. The van der Waals surface area contributed by atoms with Gasteiger partial charge in [0, 0.05) is 20.3 Å². The van der Waals surface area contributed by atoms with E-state index < -0.39 is 0 Å². The Morgan fingerprint density at radius 2 is 2.42 bits per heavy atom. The van der Waals surface area contributed by atoms with Crippen molar-refractivity contribution < 1.29 is 0 Å². The normalized spacial score (nSPS) is 23.3. The van der Waals surface area contributed by atoms with E-state index in [9.17, 15) is 0 Å². The Balaban J connectivity index is 2.33. The molecule has 68 valence electrons. The molecule has 0 aromatic carbocycles. The van der Waals surface area contributed by atoms with Gasteiger partial charge in [-0.3, -0.25) is 0 Å². The number of allylic oxidation sites excluding steroid dienone is 3. The van der Waals surface area contributed by atoms with Crippen LogP contribution in [0.2, 0.25) is 0 Å². The van der Waals surface area contributed by atoms with Gasteiger partial charge in [-0.2, -0.15) is 0 Å². The van der Waals surface area contributed by atoms with Gasteiger partial charge in [0.1, 0.15) is 0 Å². The van der Waals surface area contributed by atoms with Crippen molar-refractivity contribution in [3.05, 3.63) is 24.4 Å². The molecule has 0 aromatic heterocycles. The van der Waals surface area contributed by atoms with Crippen LogP contribution in [0.1, 0.15) is 19.3 Å². The Labute approximate surface area is 74.9 Å². The number of hydrogen-bond donors (Lipinski definition) is 1. The minimum absolute atomic E-state index is 0.648. The van der Waals surface area contributed by atoms with E-state index in [1.165, 1.54) is 19.3 Å². The van der Waals surface area contributed by atoms with Crippen LogP contribution >= 0.6 is 0 Å². The first kappa shape index (κ1) is 9.33. The highest BCUT2D eigenvalue weighted by Crippen LogP contribution is 2.17. The summed E-state index contributed by atoms with van der Waals surface area (Å²) in [5, 5.41) is 1.96. The molecule has 2 heteroatoms. The van der Waals surface area contributed by atoms with E-state index in [4.69, 9.17) is 0 Å². The smallest absolute Gasteiger partial charge is 0.0225 e. The molecule has 2 nitrogen and oxygen atoms in total. The molecule has 1 N–H and O–H groups in total. The second-order valence-electron chi connectivity index (χ2n) is 3.20. The lowest BCUT2D eigenvalue weighted by Crippen LogP contribution is -2.24. The standard InChI is InChI=1S/C10H18N2/c1-11-12(2)9-8-10-6-4-3-5-7-10/h4,6,8-11H,3,5,7H2,1-2H3. The van der Waals surface area contributed by atoms with Crippen LogP contribution < -0.4 is 5.43 Å². The molecular weight excluding hydrogens is 148 g/mol. The Kier molecular flexibility index (Phi) is 3.88. The van der Waals surface area contributed by atoms with Gasteiger partial charge >= 0.3 is 0 Å². The molecule has 0 saturated carbocycles. The summed E-state index contributed by atoms with van der Waals surface area (Å²) >= 11 is 0. The van der Waals surface area contributed by atoms with Crippen LogP contribution in [0.25, 0.3) is 0 Å². The Bertz CT molecular complexity index is 173. The molecule has 1 rings (SSSR count). The van der Waals surface area contributed by atoms with E-state index in [2.05, 4.69) is 29.9 Å². The summed E-state index contributed by atoms with van der Waals surface area (Å²) in [4.78, 5) is 0. The van der Waals surface area contributed by atoms with E-state index in [0.29, 0.717) is 5.92 Å². The fourth-order valence-electron chi connectivity index (χ4n) is 1.31. The molecule has 0 spiro atoms. The topological polar surface area (TPSA) is 15.3 Å². The van der Waals surface area contributed by atoms with E-state index in [1.807, 2.05) is 19.1 Å². The van der Waals surface area contributed by atoms with Gasteiger partial charge in [-0.05, 0) is 25.2 Å². The molecule has 0 fully saturated rings. The zero-order chi connectivity index (χ0) is 8.81. The minimum Gasteiger partial charge on any atom is -0.319 e. The maximum atomic E-state index is 3.03. The van der Waals surface area contributed by atoms with Gasteiger partial charge in [0.2, 0.25) is 0 Å². The largest absolute Gasteiger partial charge is 0.319 e. The molecule has 0 aliphatic heterocycles. The highest BCUT2D eigenvalue weighted by Gasteiger charge is 2.03. The Morgan fingerprint density at radius 3 is 3.00 bits per heavy atom. The van der Waals surface area contributed by atoms with E-state index in [-0.39, 0.29) is 0 Å². The molecule has 0 aromatic rings. The molecule has 12 heavy (non-hydrogen) atoms. The van der Waals surface area contributed by atoms with Crippen molar-refractivity contribution in [3.8, 4) is 0 Å². The summed E-state index contributed by atoms with van der Waals surface area (Å²) in [5.41, 5.74) is 3.03. The molecule has 0 saturated heterocycles. The van der Waals surface area contributed by atoms with Gasteiger partial charge < -0.3 is 5.01 Å². The number of hydrazine groups is 1. The zero-order valence-electron chi connectivity index (χ0n) is 7.96. The first-order chi connectivity index (χ1) is 5.83. The summed E-state index contributed by atoms with van der Waals surface area (Å²) in [6.07, 6.45) is 12.8. The molecule has 1 aliphatic carbocycles. The number of nitrogens with zero attached hydrogens (tertiary/aromatic N) is 1. The fourth-order valence-corrected chi connectivity index (χ4v) is 1.31. The van der Waals surface area contributed by atoms with Crippen molar-refractivity contribution in [2.75, 3.05) is 14.1 Å². The maximum Gasteiger partial charge on any atom is 0.0225 e. The lowest BCUT2D eigenvalue weighted by Gasteiger charge is -2.15. The van der Waals surface area contributed by atoms with E-state index in [0.717, 1.165) is 0 Å². The molecule has 1 aliphatic rings. The maximum absolute atomic E-state index is 3.03. The molecule has 1 atom stereocenters. The zero-order valence-corrected chi connectivity index (χ0v) is 7.96. The second kappa shape index (κ2) is 4.99. The van der Waals surface area contributed by atoms with Crippen LogP contribution in [0.5, 0.6) is 0 Å². The third-order valence-electron chi connectivity index (χ3n) is 2.20. The van der Waals surface area contributed by atoms with E-state index in [1.54, 1.807) is 0 Å².